The largest absolute Gasteiger partial charge is 0.321 e. The van der Waals surface area contributed by atoms with Gasteiger partial charge in [0.15, 0.2) is 0 Å². The highest BCUT2D eigenvalue weighted by Gasteiger charge is 2.13. The lowest BCUT2D eigenvalue weighted by Crippen LogP contribution is -2.13. The number of rotatable bonds is 4. The summed E-state index contributed by atoms with van der Waals surface area (Å²) in [6.45, 7) is 1.91. The smallest absolute Gasteiger partial charge is 0.270 e. The first-order valence-corrected chi connectivity index (χ1v) is 7.22. The third-order valence-electron chi connectivity index (χ3n) is 3.16. The van der Waals surface area contributed by atoms with Crippen LogP contribution in [0.3, 0.4) is 0 Å². The van der Waals surface area contributed by atoms with E-state index in [0.29, 0.717) is 5.69 Å². The number of halogens is 1. The molecule has 0 heterocycles. The Kier molecular flexibility index (Phi) is 5.30. The van der Waals surface area contributed by atoms with Crippen molar-refractivity contribution in [3.8, 4) is 6.07 Å². The van der Waals surface area contributed by atoms with Gasteiger partial charge in [-0.3, -0.25) is 14.9 Å². The summed E-state index contributed by atoms with van der Waals surface area (Å²) >= 11 is 5.98. The molecule has 0 saturated carbocycles. The van der Waals surface area contributed by atoms with Crippen LogP contribution in [0.25, 0.3) is 6.08 Å². The molecule has 0 aliphatic rings. The summed E-state index contributed by atoms with van der Waals surface area (Å²) < 4.78 is 0. The summed E-state index contributed by atoms with van der Waals surface area (Å²) in [7, 11) is 0. The Morgan fingerprint density at radius 3 is 2.54 bits per heavy atom. The van der Waals surface area contributed by atoms with E-state index in [1.807, 2.05) is 19.1 Å². The summed E-state index contributed by atoms with van der Waals surface area (Å²) in [6.07, 6.45) is 1.22. The summed E-state index contributed by atoms with van der Waals surface area (Å²) in [5.74, 6) is -0.621. The number of carbonyl (C=O) groups is 1. The van der Waals surface area contributed by atoms with Gasteiger partial charge in [0.2, 0.25) is 0 Å². The van der Waals surface area contributed by atoms with Gasteiger partial charge in [0, 0.05) is 28.4 Å². The van der Waals surface area contributed by atoms with Crippen molar-refractivity contribution in [2.75, 3.05) is 5.32 Å². The normalized spacial score (nSPS) is 10.8. The molecule has 0 unspecified atom stereocenters. The Bertz CT molecular complexity index is 868. The summed E-state index contributed by atoms with van der Waals surface area (Å²) in [5, 5.41) is 22.8. The number of nitro benzene ring substituents is 1. The Morgan fingerprint density at radius 1 is 1.29 bits per heavy atom. The van der Waals surface area contributed by atoms with E-state index in [4.69, 9.17) is 11.6 Å². The minimum absolute atomic E-state index is 0.179. The van der Waals surface area contributed by atoms with Gasteiger partial charge in [-0.15, -0.1) is 0 Å². The van der Waals surface area contributed by atoms with Crippen LogP contribution in [0.1, 0.15) is 11.1 Å². The molecule has 6 nitrogen and oxygen atoms in total. The molecule has 2 aromatic rings. The molecule has 0 aromatic heterocycles. The van der Waals surface area contributed by atoms with Crippen LogP contribution in [0.5, 0.6) is 0 Å². The zero-order valence-electron chi connectivity index (χ0n) is 12.6. The fourth-order valence-corrected chi connectivity index (χ4v) is 2.07. The van der Waals surface area contributed by atoms with Crippen molar-refractivity contribution in [2.45, 2.75) is 6.92 Å². The highest BCUT2D eigenvalue weighted by Crippen LogP contribution is 2.24. The van der Waals surface area contributed by atoms with Crippen LogP contribution in [-0.2, 0) is 4.79 Å². The van der Waals surface area contributed by atoms with E-state index >= 15 is 0 Å². The molecule has 1 amide bonds. The highest BCUT2D eigenvalue weighted by atomic mass is 35.5. The van der Waals surface area contributed by atoms with Crippen molar-refractivity contribution >= 4 is 35.0 Å². The van der Waals surface area contributed by atoms with Crippen molar-refractivity contribution in [1.29, 1.82) is 5.26 Å². The fourth-order valence-electron chi connectivity index (χ4n) is 1.89. The zero-order valence-corrected chi connectivity index (χ0v) is 13.4. The number of nitrogens with zero attached hydrogens (tertiary/aromatic N) is 2. The van der Waals surface area contributed by atoms with Crippen LogP contribution >= 0.6 is 11.6 Å². The van der Waals surface area contributed by atoms with Gasteiger partial charge in [-0.05, 0) is 31.2 Å². The SMILES string of the molecule is Cc1ccc(NC(=O)C(C#N)=Cc2cc([N+](=O)[O-])ccc2Cl)cc1. The molecule has 1 N–H and O–H groups in total. The van der Waals surface area contributed by atoms with E-state index < -0.39 is 10.8 Å². The molecule has 0 aliphatic heterocycles. The lowest BCUT2D eigenvalue weighted by molar-refractivity contribution is -0.384. The average molecular weight is 342 g/mol. The Morgan fingerprint density at radius 2 is 1.96 bits per heavy atom. The van der Waals surface area contributed by atoms with Crippen LogP contribution in [0.15, 0.2) is 48.0 Å². The number of aryl methyl sites for hydroxylation is 1. The van der Waals surface area contributed by atoms with Crippen molar-refractivity contribution in [2.24, 2.45) is 0 Å². The van der Waals surface area contributed by atoms with Gasteiger partial charge in [-0.1, -0.05) is 29.3 Å². The van der Waals surface area contributed by atoms with Crippen LogP contribution in [0.2, 0.25) is 5.02 Å². The number of non-ortho nitro benzene ring substituents is 1. The van der Waals surface area contributed by atoms with E-state index in [9.17, 15) is 20.2 Å². The van der Waals surface area contributed by atoms with E-state index in [2.05, 4.69) is 5.32 Å². The molecule has 0 spiro atoms. The molecule has 120 valence electrons. The Balaban J connectivity index is 2.30. The number of nitriles is 1. The third-order valence-corrected chi connectivity index (χ3v) is 3.51. The molecular weight excluding hydrogens is 330 g/mol. The Labute approximate surface area is 143 Å². The predicted molar refractivity (Wildman–Crippen MR) is 91.5 cm³/mol. The maximum absolute atomic E-state index is 12.2. The van der Waals surface area contributed by atoms with Crippen LogP contribution in [0, 0.1) is 28.4 Å². The van der Waals surface area contributed by atoms with Crippen molar-refractivity contribution in [3.63, 3.8) is 0 Å². The third kappa shape index (κ3) is 4.18. The first-order valence-electron chi connectivity index (χ1n) is 6.84. The van der Waals surface area contributed by atoms with E-state index in [1.54, 1.807) is 18.2 Å². The van der Waals surface area contributed by atoms with Gasteiger partial charge in [-0.25, -0.2) is 0 Å². The molecule has 0 radical (unpaired) electrons. The van der Waals surface area contributed by atoms with Gasteiger partial charge >= 0.3 is 0 Å². The average Bonchev–Trinajstić information content (AvgIpc) is 2.55. The van der Waals surface area contributed by atoms with Crippen LogP contribution in [-0.4, -0.2) is 10.8 Å². The maximum atomic E-state index is 12.2. The minimum atomic E-state index is -0.621. The number of carbonyl (C=O) groups excluding carboxylic acids is 1. The molecule has 0 fully saturated rings. The molecule has 24 heavy (non-hydrogen) atoms. The zero-order chi connectivity index (χ0) is 17.7. The van der Waals surface area contributed by atoms with Gasteiger partial charge < -0.3 is 5.32 Å². The summed E-state index contributed by atoms with van der Waals surface area (Å²) in [4.78, 5) is 22.4. The quantitative estimate of drug-likeness (QED) is 0.392. The maximum Gasteiger partial charge on any atom is 0.270 e. The second-order valence-electron chi connectivity index (χ2n) is 4.95. The van der Waals surface area contributed by atoms with Gasteiger partial charge in [0.25, 0.3) is 11.6 Å². The number of amides is 1. The summed E-state index contributed by atoms with van der Waals surface area (Å²) in [6, 6.07) is 12.6. The predicted octanol–water partition coefficient (Wildman–Crippen LogP) is 4.10. The second-order valence-corrected chi connectivity index (χ2v) is 5.36. The number of hydrogen-bond acceptors (Lipinski definition) is 4. The molecule has 0 atom stereocenters. The van der Waals surface area contributed by atoms with Crippen molar-refractivity contribution in [3.05, 3.63) is 74.3 Å². The highest BCUT2D eigenvalue weighted by molar-refractivity contribution is 6.32. The summed E-state index contributed by atoms with van der Waals surface area (Å²) in [5.41, 5.74) is 1.41. The fraction of sp³-hybridized carbons (Fsp3) is 0.0588. The molecule has 0 aliphatic carbocycles. The van der Waals surface area contributed by atoms with E-state index in [0.717, 1.165) is 5.56 Å². The number of benzene rings is 2. The topological polar surface area (TPSA) is 96.0 Å². The van der Waals surface area contributed by atoms with Gasteiger partial charge in [0.1, 0.15) is 11.6 Å². The molecule has 7 heteroatoms. The monoisotopic (exact) mass is 341 g/mol. The van der Waals surface area contributed by atoms with Crippen LogP contribution < -0.4 is 5.32 Å². The van der Waals surface area contributed by atoms with Crippen molar-refractivity contribution in [1.82, 2.24) is 0 Å². The van der Waals surface area contributed by atoms with Gasteiger partial charge in [0.05, 0.1) is 4.92 Å². The lowest BCUT2D eigenvalue weighted by Gasteiger charge is -2.05. The number of nitro groups is 1. The van der Waals surface area contributed by atoms with Crippen LogP contribution in [0.4, 0.5) is 11.4 Å². The number of nitrogens with one attached hydrogen (secondary N) is 1. The number of anilines is 1. The molecule has 0 saturated heterocycles. The standard InChI is InChI=1S/C17H12ClN3O3/c1-11-2-4-14(5-3-11)20-17(22)13(10-19)8-12-9-15(21(23)24)6-7-16(12)18/h2-9H,1H3,(H,20,22). The molecule has 2 aromatic carbocycles. The Hall–Kier alpha value is -3.17. The van der Waals surface area contributed by atoms with Gasteiger partial charge in [-0.2, -0.15) is 5.26 Å². The van der Waals surface area contributed by atoms with E-state index in [-0.39, 0.29) is 21.8 Å². The van der Waals surface area contributed by atoms with Crippen molar-refractivity contribution < 1.29 is 9.72 Å². The first kappa shape index (κ1) is 17.2. The second kappa shape index (κ2) is 7.40. The molecular formula is C17H12ClN3O3. The molecule has 0 bridgehead atoms. The number of hydrogen-bond donors (Lipinski definition) is 1. The first-order chi connectivity index (χ1) is 11.4. The van der Waals surface area contributed by atoms with E-state index in [1.165, 1.54) is 24.3 Å². The minimum Gasteiger partial charge on any atom is -0.321 e. The molecule has 2 rings (SSSR count). The lowest BCUT2D eigenvalue weighted by atomic mass is 10.1.